The smallest absolute Gasteiger partial charge is 0.315 e. The summed E-state index contributed by atoms with van der Waals surface area (Å²) in [7, 11) is 0. The molecule has 1 heterocycles. The number of hydrogen-bond donors (Lipinski definition) is 3. The number of ether oxygens (including phenoxy) is 1. The van der Waals surface area contributed by atoms with E-state index in [-0.39, 0.29) is 18.0 Å². The second-order valence-electron chi connectivity index (χ2n) is 6.86. The van der Waals surface area contributed by atoms with Crippen molar-refractivity contribution in [2.75, 3.05) is 13.1 Å². The van der Waals surface area contributed by atoms with E-state index in [0.29, 0.717) is 31.1 Å². The summed E-state index contributed by atoms with van der Waals surface area (Å²) in [5, 5.41) is 8.30. The van der Waals surface area contributed by atoms with Gasteiger partial charge in [0.05, 0.1) is 0 Å². The van der Waals surface area contributed by atoms with Gasteiger partial charge >= 0.3 is 6.03 Å². The van der Waals surface area contributed by atoms with Crippen LogP contribution in [-0.2, 0) is 6.54 Å². The molecule has 1 fully saturated rings. The third kappa shape index (κ3) is 6.74. The number of nitrogens with one attached hydrogen (secondary N) is 3. The van der Waals surface area contributed by atoms with Gasteiger partial charge < -0.3 is 20.7 Å². The number of nitrogens with zero attached hydrogens (tertiary/aromatic N) is 1. The lowest BCUT2D eigenvalue weighted by Gasteiger charge is -2.15. The Hall–Kier alpha value is -2.61. The molecule has 0 bridgehead atoms. The van der Waals surface area contributed by atoms with E-state index in [0.717, 1.165) is 22.9 Å². The molecule has 0 spiro atoms. The van der Waals surface area contributed by atoms with Gasteiger partial charge in [-0.2, -0.15) is 0 Å². The van der Waals surface area contributed by atoms with Crippen LogP contribution in [0.3, 0.4) is 0 Å². The van der Waals surface area contributed by atoms with Gasteiger partial charge in [-0.05, 0) is 56.0 Å². The SMILES string of the molecule is O=C(NCCNC(=O)c1ccc(Br)cc1)NCc1cccnc1OC1CCCC1. The first-order chi connectivity index (χ1) is 14.1. The first-order valence-corrected chi connectivity index (χ1v) is 10.6. The first-order valence-electron chi connectivity index (χ1n) is 9.78. The molecule has 1 saturated carbocycles. The monoisotopic (exact) mass is 460 g/mol. The van der Waals surface area contributed by atoms with E-state index in [2.05, 4.69) is 36.9 Å². The molecule has 7 nitrogen and oxygen atoms in total. The highest BCUT2D eigenvalue weighted by atomic mass is 79.9. The second-order valence-corrected chi connectivity index (χ2v) is 7.78. The van der Waals surface area contributed by atoms with E-state index < -0.39 is 0 Å². The van der Waals surface area contributed by atoms with E-state index in [9.17, 15) is 9.59 Å². The molecule has 29 heavy (non-hydrogen) atoms. The lowest BCUT2D eigenvalue weighted by Crippen LogP contribution is -2.40. The molecule has 3 amide bonds. The number of benzene rings is 1. The molecule has 1 aromatic heterocycles. The minimum absolute atomic E-state index is 0.177. The molecular weight excluding hydrogens is 436 g/mol. The van der Waals surface area contributed by atoms with Crippen LogP contribution >= 0.6 is 15.9 Å². The van der Waals surface area contributed by atoms with E-state index in [1.54, 1.807) is 18.3 Å². The summed E-state index contributed by atoms with van der Waals surface area (Å²) in [6, 6.07) is 10.5. The van der Waals surface area contributed by atoms with Crippen LogP contribution in [0.1, 0.15) is 41.6 Å². The van der Waals surface area contributed by atoms with E-state index in [4.69, 9.17) is 4.74 Å². The Morgan fingerprint density at radius 3 is 2.52 bits per heavy atom. The van der Waals surface area contributed by atoms with Crippen LogP contribution in [0.25, 0.3) is 0 Å². The van der Waals surface area contributed by atoms with Crippen LogP contribution in [0.2, 0.25) is 0 Å². The Kier molecular flexibility index (Phi) is 7.86. The third-order valence-electron chi connectivity index (χ3n) is 4.67. The summed E-state index contributed by atoms with van der Waals surface area (Å²) in [5.41, 5.74) is 1.42. The van der Waals surface area contributed by atoms with Crippen molar-refractivity contribution in [3.63, 3.8) is 0 Å². The molecule has 3 N–H and O–H groups in total. The number of hydrogen-bond acceptors (Lipinski definition) is 4. The first kappa shape index (κ1) is 21.1. The minimum Gasteiger partial charge on any atom is -0.474 e. The van der Waals surface area contributed by atoms with Gasteiger partial charge in [-0.1, -0.05) is 22.0 Å². The van der Waals surface area contributed by atoms with Crippen LogP contribution in [0.5, 0.6) is 5.88 Å². The van der Waals surface area contributed by atoms with Crippen LogP contribution in [-0.4, -0.2) is 36.1 Å². The maximum Gasteiger partial charge on any atom is 0.315 e. The van der Waals surface area contributed by atoms with Crippen LogP contribution in [0, 0.1) is 0 Å². The molecule has 0 radical (unpaired) electrons. The van der Waals surface area contributed by atoms with Crippen molar-refractivity contribution in [1.29, 1.82) is 0 Å². The largest absolute Gasteiger partial charge is 0.474 e. The van der Waals surface area contributed by atoms with Gasteiger partial charge in [0.1, 0.15) is 6.10 Å². The normalized spacial score (nSPS) is 13.7. The zero-order chi connectivity index (χ0) is 20.5. The van der Waals surface area contributed by atoms with Crippen molar-refractivity contribution in [3.8, 4) is 5.88 Å². The van der Waals surface area contributed by atoms with Gasteiger partial charge in [0.2, 0.25) is 5.88 Å². The fourth-order valence-corrected chi connectivity index (χ4v) is 3.39. The molecule has 0 unspecified atom stereocenters. The Morgan fingerprint density at radius 2 is 1.76 bits per heavy atom. The molecule has 154 valence electrons. The van der Waals surface area contributed by atoms with Gasteiger partial charge in [0.25, 0.3) is 5.91 Å². The fraction of sp³-hybridized carbons (Fsp3) is 0.381. The van der Waals surface area contributed by atoms with E-state index >= 15 is 0 Å². The molecule has 3 rings (SSSR count). The zero-order valence-electron chi connectivity index (χ0n) is 16.1. The Bertz CT molecular complexity index is 823. The van der Waals surface area contributed by atoms with E-state index in [1.807, 2.05) is 24.3 Å². The van der Waals surface area contributed by atoms with Crippen molar-refractivity contribution in [2.24, 2.45) is 0 Å². The third-order valence-corrected chi connectivity index (χ3v) is 5.20. The van der Waals surface area contributed by atoms with Crippen LogP contribution in [0.15, 0.2) is 47.1 Å². The fourth-order valence-electron chi connectivity index (χ4n) is 3.12. The average molecular weight is 461 g/mol. The number of carbonyl (C=O) groups excluding carboxylic acids is 2. The van der Waals surface area contributed by atoms with Gasteiger partial charge in [-0.3, -0.25) is 4.79 Å². The molecule has 2 aromatic rings. The summed E-state index contributed by atoms with van der Waals surface area (Å²) in [6.45, 7) is 0.991. The maximum atomic E-state index is 12.0. The van der Waals surface area contributed by atoms with Crippen molar-refractivity contribution in [2.45, 2.75) is 38.3 Å². The average Bonchev–Trinajstić information content (AvgIpc) is 3.24. The topological polar surface area (TPSA) is 92.4 Å². The highest BCUT2D eigenvalue weighted by Gasteiger charge is 2.18. The van der Waals surface area contributed by atoms with Gasteiger partial charge in [0, 0.05) is 41.4 Å². The minimum atomic E-state index is -0.307. The number of aromatic nitrogens is 1. The number of urea groups is 1. The number of carbonyl (C=O) groups is 2. The number of pyridine rings is 1. The second kappa shape index (κ2) is 10.8. The molecule has 0 atom stereocenters. The predicted octanol–water partition coefficient (Wildman–Crippen LogP) is 3.39. The van der Waals surface area contributed by atoms with Crippen LogP contribution in [0.4, 0.5) is 4.79 Å². The van der Waals surface area contributed by atoms with Crippen LogP contribution < -0.4 is 20.7 Å². The molecule has 1 aliphatic rings. The Labute approximate surface area is 178 Å². The number of halogens is 1. The summed E-state index contributed by atoms with van der Waals surface area (Å²) in [6.07, 6.45) is 6.39. The van der Waals surface area contributed by atoms with E-state index in [1.165, 1.54) is 12.8 Å². The number of rotatable bonds is 8. The van der Waals surface area contributed by atoms with Crippen molar-refractivity contribution >= 4 is 27.9 Å². The lowest BCUT2D eigenvalue weighted by atomic mass is 10.2. The van der Waals surface area contributed by atoms with Crippen molar-refractivity contribution in [3.05, 3.63) is 58.2 Å². The van der Waals surface area contributed by atoms with Gasteiger partial charge in [-0.15, -0.1) is 0 Å². The molecule has 1 aliphatic carbocycles. The predicted molar refractivity (Wildman–Crippen MR) is 114 cm³/mol. The summed E-state index contributed by atoms with van der Waals surface area (Å²) in [4.78, 5) is 28.3. The molecule has 1 aromatic carbocycles. The van der Waals surface area contributed by atoms with Gasteiger partial charge in [0.15, 0.2) is 0 Å². The standard InChI is InChI=1S/C21H25BrN4O3/c22-17-9-7-15(8-10-17)19(27)23-12-13-25-21(28)26-14-16-4-3-11-24-20(16)29-18-5-1-2-6-18/h3-4,7-11,18H,1-2,5-6,12-14H2,(H,23,27)(H2,25,26,28). The zero-order valence-corrected chi connectivity index (χ0v) is 17.7. The van der Waals surface area contributed by atoms with Gasteiger partial charge in [-0.25, -0.2) is 9.78 Å². The molecule has 0 aliphatic heterocycles. The molecule has 8 heteroatoms. The lowest BCUT2D eigenvalue weighted by molar-refractivity contribution is 0.0954. The molecular formula is C21H25BrN4O3. The highest BCUT2D eigenvalue weighted by molar-refractivity contribution is 9.10. The highest BCUT2D eigenvalue weighted by Crippen LogP contribution is 2.24. The summed E-state index contributed by atoms with van der Waals surface area (Å²) < 4.78 is 6.89. The maximum absolute atomic E-state index is 12.0. The molecule has 0 saturated heterocycles. The Balaban J connectivity index is 1.37. The Morgan fingerprint density at radius 1 is 1.03 bits per heavy atom. The number of amides is 3. The quantitative estimate of drug-likeness (QED) is 0.526. The summed E-state index contributed by atoms with van der Waals surface area (Å²) in [5.74, 6) is 0.408. The van der Waals surface area contributed by atoms with Crippen molar-refractivity contribution < 1.29 is 14.3 Å². The summed E-state index contributed by atoms with van der Waals surface area (Å²) >= 11 is 3.33. The van der Waals surface area contributed by atoms with Crippen molar-refractivity contribution in [1.82, 2.24) is 20.9 Å².